The molecule has 0 atom stereocenters. The fraction of sp³-hybridized carbons (Fsp3) is 0.0526. The van der Waals surface area contributed by atoms with Gasteiger partial charge in [0.25, 0.3) is 0 Å². The molecule has 0 saturated carbocycles. The van der Waals surface area contributed by atoms with E-state index in [-0.39, 0.29) is 0 Å². The predicted octanol–water partition coefficient (Wildman–Crippen LogP) is 5.66. The van der Waals surface area contributed by atoms with Crippen LogP contribution < -0.4 is 10.2 Å². The lowest BCUT2D eigenvalue weighted by molar-refractivity contribution is 0.415. The number of hydrogen-bond acceptors (Lipinski definition) is 6. The lowest BCUT2D eigenvalue weighted by Crippen LogP contribution is -1.88. The van der Waals surface area contributed by atoms with Crippen LogP contribution in [-0.2, 0) is 0 Å². The van der Waals surface area contributed by atoms with E-state index in [4.69, 9.17) is 20.8 Å². The van der Waals surface area contributed by atoms with Gasteiger partial charge in [-0.15, -0.1) is 0 Å². The van der Waals surface area contributed by atoms with E-state index in [1.54, 1.807) is 30.7 Å². The number of benzene rings is 2. The number of furan rings is 1. The highest BCUT2D eigenvalue weighted by Gasteiger charge is 2.07. The van der Waals surface area contributed by atoms with Crippen LogP contribution in [0.5, 0.6) is 5.75 Å². The van der Waals surface area contributed by atoms with Crippen molar-refractivity contribution in [1.82, 2.24) is 4.98 Å². The number of fused-ring (bicyclic) bond motifs is 1. The number of ether oxygens (including phenoxy) is 1. The van der Waals surface area contributed by atoms with Gasteiger partial charge >= 0.3 is 0 Å². The van der Waals surface area contributed by atoms with Crippen LogP contribution in [0, 0.1) is 0 Å². The Morgan fingerprint density at radius 1 is 1.19 bits per heavy atom. The largest absolute Gasteiger partial charge is 0.495 e. The van der Waals surface area contributed by atoms with Gasteiger partial charge in [-0.2, -0.15) is 5.10 Å². The molecule has 0 unspecified atom stereocenters. The third-order valence-electron chi connectivity index (χ3n) is 3.71. The Hall–Kier alpha value is -2.83. The third kappa shape index (κ3) is 3.42. The summed E-state index contributed by atoms with van der Waals surface area (Å²) in [5.41, 5.74) is 4.76. The minimum absolute atomic E-state index is 0.536. The monoisotopic (exact) mass is 383 g/mol. The highest BCUT2D eigenvalue weighted by atomic mass is 35.5. The molecule has 0 bridgehead atoms. The van der Waals surface area contributed by atoms with Crippen LogP contribution in [0.3, 0.4) is 0 Å². The van der Waals surface area contributed by atoms with Crippen LogP contribution in [0.25, 0.3) is 21.5 Å². The number of hydrogen-bond donors (Lipinski definition) is 1. The molecular formula is C19H14ClN3O2S. The number of para-hydroxylation sites is 1. The Morgan fingerprint density at radius 2 is 2.08 bits per heavy atom. The Kier molecular flexibility index (Phi) is 4.60. The summed E-state index contributed by atoms with van der Waals surface area (Å²) >= 11 is 7.71. The quantitative estimate of drug-likeness (QED) is 0.356. The van der Waals surface area contributed by atoms with E-state index in [1.165, 1.54) is 0 Å². The number of thiazole rings is 1. The summed E-state index contributed by atoms with van der Waals surface area (Å²) in [4.78, 5) is 4.46. The third-order valence-corrected chi connectivity index (χ3v) is 4.95. The number of aromatic nitrogens is 1. The number of halogens is 1. The summed E-state index contributed by atoms with van der Waals surface area (Å²) in [6, 6.07) is 17.2. The Morgan fingerprint density at radius 3 is 2.88 bits per heavy atom. The van der Waals surface area contributed by atoms with Crippen LogP contribution in [-0.4, -0.2) is 18.3 Å². The minimum atomic E-state index is 0.536. The lowest BCUT2D eigenvalue weighted by Gasteiger charge is -2.03. The summed E-state index contributed by atoms with van der Waals surface area (Å²) in [7, 11) is 1.58. The standard InChI is InChI=1S/C19H14ClN3O2S/c1-24-17-8-6-12(10-14(17)20)16-9-7-13(25-16)11-21-23-19-22-15-4-2-3-5-18(15)26-19/h2-11H,1H3,(H,22,23)/b21-11+. The van der Waals surface area contributed by atoms with Crippen molar-refractivity contribution in [2.75, 3.05) is 12.5 Å². The molecule has 0 aliphatic rings. The second-order valence-electron chi connectivity index (χ2n) is 5.41. The molecule has 0 fully saturated rings. The molecule has 0 saturated heterocycles. The molecule has 2 heterocycles. The highest BCUT2D eigenvalue weighted by molar-refractivity contribution is 7.22. The molecule has 4 aromatic rings. The van der Waals surface area contributed by atoms with Gasteiger partial charge in [-0.25, -0.2) is 4.98 Å². The van der Waals surface area contributed by atoms with E-state index in [2.05, 4.69) is 15.5 Å². The van der Waals surface area contributed by atoms with Crippen molar-refractivity contribution in [2.24, 2.45) is 5.10 Å². The van der Waals surface area contributed by atoms with Gasteiger partial charge in [0.05, 0.1) is 28.6 Å². The minimum Gasteiger partial charge on any atom is -0.495 e. The van der Waals surface area contributed by atoms with Crippen molar-refractivity contribution < 1.29 is 9.15 Å². The first-order chi connectivity index (χ1) is 12.7. The number of nitrogens with one attached hydrogen (secondary N) is 1. The van der Waals surface area contributed by atoms with E-state index in [0.29, 0.717) is 22.3 Å². The van der Waals surface area contributed by atoms with E-state index >= 15 is 0 Å². The molecule has 0 amide bonds. The molecule has 5 nitrogen and oxygen atoms in total. The molecule has 1 N–H and O–H groups in total. The Bertz CT molecular complexity index is 1050. The van der Waals surface area contributed by atoms with Gasteiger partial charge in [-0.3, -0.25) is 5.43 Å². The molecule has 0 aliphatic carbocycles. The normalized spacial score (nSPS) is 11.3. The van der Waals surface area contributed by atoms with E-state index in [0.717, 1.165) is 20.9 Å². The van der Waals surface area contributed by atoms with Crippen molar-refractivity contribution in [3.8, 4) is 17.1 Å². The molecule has 0 aliphatic heterocycles. The highest BCUT2D eigenvalue weighted by Crippen LogP contribution is 2.31. The average molecular weight is 384 g/mol. The van der Waals surface area contributed by atoms with Crippen molar-refractivity contribution >= 4 is 44.5 Å². The number of hydrazone groups is 1. The molecule has 0 spiro atoms. The van der Waals surface area contributed by atoms with E-state index < -0.39 is 0 Å². The van der Waals surface area contributed by atoms with Crippen LogP contribution >= 0.6 is 22.9 Å². The number of anilines is 1. The smallest absolute Gasteiger partial charge is 0.204 e. The van der Waals surface area contributed by atoms with Gasteiger partial charge in [0, 0.05) is 5.56 Å². The molecule has 7 heteroatoms. The average Bonchev–Trinajstić information content (AvgIpc) is 3.28. The summed E-state index contributed by atoms with van der Waals surface area (Å²) in [5.74, 6) is 1.96. The maximum Gasteiger partial charge on any atom is 0.204 e. The van der Waals surface area contributed by atoms with Gasteiger partial charge < -0.3 is 9.15 Å². The van der Waals surface area contributed by atoms with Crippen molar-refractivity contribution in [3.63, 3.8) is 0 Å². The Labute approximate surface area is 158 Å². The predicted molar refractivity (Wildman–Crippen MR) is 107 cm³/mol. The van der Waals surface area contributed by atoms with Gasteiger partial charge in [0.15, 0.2) is 0 Å². The van der Waals surface area contributed by atoms with Crippen LogP contribution in [0.15, 0.2) is 64.1 Å². The summed E-state index contributed by atoms with van der Waals surface area (Å²) < 4.78 is 12.1. The number of methoxy groups -OCH3 is 1. The number of rotatable bonds is 5. The zero-order valence-corrected chi connectivity index (χ0v) is 15.3. The first-order valence-corrected chi connectivity index (χ1v) is 9.01. The first kappa shape index (κ1) is 16.6. The summed E-state index contributed by atoms with van der Waals surface area (Å²) in [6.45, 7) is 0. The van der Waals surface area contributed by atoms with Gasteiger partial charge in [-0.1, -0.05) is 35.1 Å². The fourth-order valence-corrected chi connectivity index (χ4v) is 3.54. The van der Waals surface area contributed by atoms with Crippen LogP contribution in [0.1, 0.15) is 5.76 Å². The fourth-order valence-electron chi connectivity index (χ4n) is 2.47. The maximum atomic E-state index is 6.16. The van der Waals surface area contributed by atoms with Crippen LogP contribution in [0.2, 0.25) is 5.02 Å². The van der Waals surface area contributed by atoms with Crippen molar-refractivity contribution in [1.29, 1.82) is 0 Å². The second-order valence-corrected chi connectivity index (χ2v) is 6.85. The molecular weight excluding hydrogens is 370 g/mol. The first-order valence-electron chi connectivity index (χ1n) is 7.81. The topological polar surface area (TPSA) is 59.6 Å². The van der Waals surface area contributed by atoms with Gasteiger partial charge in [-0.05, 0) is 42.5 Å². The van der Waals surface area contributed by atoms with Crippen molar-refractivity contribution in [2.45, 2.75) is 0 Å². The number of nitrogens with zero attached hydrogens (tertiary/aromatic N) is 2. The van der Waals surface area contributed by atoms with Crippen molar-refractivity contribution in [3.05, 3.63) is 65.4 Å². The lowest BCUT2D eigenvalue weighted by atomic mass is 10.2. The summed E-state index contributed by atoms with van der Waals surface area (Å²) in [5, 5.41) is 5.46. The SMILES string of the molecule is COc1ccc(-c2ccc(/C=N/Nc3nc4ccccc4s3)o2)cc1Cl. The zero-order valence-electron chi connectivity index (χ0n) is 13.8. The van der Waals surface area contributed by atoms with E-state index in [9.17, 15) is 0 Å². The van der Waals surface area contributed by atoms with Gasteiger partial charge in [0.1, 0.15) is 17.3 Å². The molecule has 130 valence electrons. The van der Waals surface area contributed by atoms with E-state index in [1.807, 2.05) is 48.5 Å². The molecule has 2 aromatic heterocycles. The molecule has 2 aromatic carbocycles. The van der Waals surface area contributed by atoms with Crippen LogP contribution in [0.4, 0.5) is 5.13 Å². The second kappa shape index (κ2) is 7.19. The zero-order chi connectivity index (χ0) is 17.9. The maximum absolute atomic E-state index is 6.16. The van der Waals surface area contributed by atoms with Gasteiger partial charge in [0.2, 0.25) is 5.13 Å². The molecule has 26 heavy (non-hydrogen) atoms. The molecule has 4 rings (SSSR count). The Balaban J connectivity index is 1.47. The molecule has 0 radical (unpaired) electrons. The summed E-state index contributed by atoms with van der Waals surface area (Å²) in [6.07, 6.45) is 1.61.